The summed E-state index contributed by atoms with van der Waals surface area (Å²) >= 11 is 0. The lowest BCUT2D eigenvalue weighted by Crippen LogP contribution is -2.53. The minimum absolute atomic E-state index is 0. The second kappa shape index (κ2) is 12.3. The molecule has 0 atom stereocenters. The molecule has 1 N–H and O–H groups in total. The van der Waals surface area contributed by atoms with Crippen molar-refractivity contribution in [3.63, 3.8) is 0 Å². The van der Waals surface area contributed by atoms with E-state index in [1.807, 2.05) is 4.90 Å². The number of amides is 1. The maximum absolute atomic E-state index is 11.6. The molecule has 0 spiro atoms. The van der Waals surface area contributed by atoms with Crippen molar-refractivity contribution in [1.29, 1.82) is 0 Å². The summed E-state index contributed by atoms with van der Waals surface area (Å²) < 4.78 is 2.10. The van der Waals surface area contributed by atoms with E-state index in [2.05, 4.69) is 31.9 Å². The molecule has 2 heterocycles. The Bertz CT molecular complexity index is 649. The molecule has 0 unspecified atom stereocenters. The van der Waals surface area contributed by atoms with Crippen molar-refractivity contribution < 1.29 is 4.79 Å². The van der Waals surface area contributed by atoms with Crippen LogP contribution in [0, 0.1) is 5.92 Å². The molecule has 8 nitrogen and oxygen atoms in total. The van der Waals surface area contributed by atoms with Crippen molar-refractivity contribution >= 4 is 35.8 Å². The summed E-state index contributed by atoms with van der Waals surface area (Å²) in [6.07, 6.45) is 9.34. The lowest BCUT2D eigenvalue weighted by atomic mass is 9.89. The van der Waals surface area contributed by atoms with Crippen LogP contribution in [0.25, 0.3) is 0 Å². The summed E-state index contributed by atoms with van der Waals surface area (Å²) in [4.78, 5) is 20.8. The van der Waals surface area contributed by atoms with E-state index >= 15 is 0 Å². The minimum Gasteiger partial charge on any atom is -0.354 e. The van der Waals surface area contributed by atoms with Crippen LogP contribution < -0.4 is 5.32 Å². The number of carbonyl (C=O) groups is 1. The van der Waals surface area contributed by atoms with Crippen molar-refractivity contribution in [2.75, 3.05) is 39.3 Å². The number of piperazine rings is 1. The van der Waals surface area contributed by atoms with Crippen LogP contribution in [-0.4, -0.2) is 75.7 Å². The number of aliphatic imine (C=N–C) groups is 1. The fourth-order valence-electron chi connectivity index (χ4n) is 4.11. The molecule has 1 aromatic heterocycles. The number of guanidine groups is 1. The highest BCUT2D eigenvalue weighted by Crippen LogP contribution is 2.23. The Morgan fingerprint density at radius 1 is 1.17 bits per heavy atom. The molecule has 1 saturated carbocycles. The monoisotopic (exact) mass is 517 g/mol. The summed E-state index contributed by atoms with van der Waals surface area (Å²) in [6, 6.07) is 0. The molecule has 1 amide bonds. The zero-order valence-electron chi connectivity index (χ0n) is 17.8. The Morgan fingerprint density at radius 2 is 1.86 bits per heavy atom. The van der Waals surface area contributed by atoms with Crippen LogP contribution >= 0.6 is 24.0 Å². The third-order valence-electron chi connectivity index (χ3n) is 5.90. The van der Waals surface area contributed by atoms with Gasteiger partial charge in [0.1, 0.15) is 12.2 Å². The van der Waals surface area contributed by atoms with Crippen LogP contribution in [0.1, 0.15) is 51.8 Å². The molecule has 2 aliphatic rings. The first-order valence-electron chi connectivity index (χ1n) is 10.8. The lowest BCUT2D eigenvalue weighted by Gasteiger charge is -2.36. The van der Waals surface area contributed by atoms with Gasteiger partial charge in [0.05, 0.1) is 0 Å². The highest BCUT2D eigenvalue weighted by atomic mass is 127. The summed E-state index contributed by atoms with van der Waals surface area (Å²) in [6.45, 7) is 9.48. The van der Waals surface area contributed by atoms with E-state index in [1.54, 1.807) is 13.3 Å². The van der Waals surface area contributed by atoms with Gasteiger partial charge in [0.15, 0.2) is 5.96 Å². The quantitative estimate of drug-likeness (QED) is 0.356. The standard InChI is InChI=1S/C20H35N7O.HI/c1-3-19-24-23-16-27(19)10-9-21-20(22-15-18-7-5-4-6-8-18)26-13-11-25(12-14-26)17(2)28;/h16,18H,3-15H2,1-2H3,(H,21,22);1H. The zero-order valence-corrected chi connectivity index (χ0v) is 20.2. The number of nitrogens with zero attached hydrogens (tertiary/aromatic N) is 6. The van der Waals surface area contributed by atoms with E-state index in [0.717, 1.165) is 64.0 Å². The van der Waals surface area contributed by atoms with Crippen LogP contribution in [0.15, 0.2) is 11.3 Å². The Kier molecular flexibility index (Phi) is 10.2. The van der Waals surface area contributed by atoms with E-state index in [4.69, 9.17) is 4.99 Å². The molecule has 1 aliphatic heterocycles. The zero-order chi connectivity index (χ0) is 19.8. The van der Waals surface area contributed by atoms with E-state index in [-0.39, 0.29) is 29.9 Å². The maximum Gasteiger partial charge on any atom is 0.219 e. The van der Waals surface area contributed by atoms with Crippen molar-refractivity contribution in [3.05, 3.63) is 12.2 Å². The van der Waals surface area contributed by atoms with Crippen molar-refractivity contribution in [1.82, 2.24) is 29.9 Å². The Morgan fingerprint density at radius 3 is 2.52 bits per heavy atom. The van der Waals surface area contributed by atoms with E-state index in [1.165, 1.54) is 32.1 Å². The lowest BCUT2D eigenvalue weighted by molar-refractivity contribution is -0.130. The molecular formula is C20H36IN7O. The molecule has 29 heavy (non-hydrogen) atoms. The number of halogens is 1. The van der Waals surface area contributed by atoms with Gasteiger partial charge in [-0.1, -0.05) is 26.2 Å². The Balaban J connectivity index is 0.00000300. The predicted molar refractivity (Wildman–Crippen MR) is 126 cm³/mol. The molecule has 9 heteroatoms. The molecule has 2 fully saturated rings. The maximum atomic E-state index is 11.6. The fraction of sp³-hybridized carbons (Fsp3) is 0.800. The number of aryl methyl sites for hydroxylation is 1. The number of carbonyl (C=O) groups excluding carboxylic acids is 1. The average Bonchev–Trinajstić information content (AvgIpc) is 3.19. The number of aromatic nitrogens is 3. The van der Waals surface area contributed by atoms with E-state index in [0.29, 0.717) is 5.92 Å². The highest BCUT2D eigenvalue weighted by Gasteiger charge is 2.22. The molecular weight excluding hydrogens is 481 g/mol. The van der Waals surface area contributed by atoms with Crippen molar-refractivity contribution in [2.45, 2.75) is 58.9 Å². The van der Waals surface area contributed by atoms with Gasteiger partial charge in [-0.05, 0) is 18.8 Å². The molecule has 1 aliphatic carbocycles. The Hall–Kier alpha value is -1.39. The first-order chi connectivity index (χ1) is 13.7. The first-order valence-corrected chi connectivity index (χ1v) is 10.8. The van der Waals surface area contributed by atoms with Gasteiger partial charge in [-0.3, -0.25) is 9.79 Å². The smallest absolute Gasteiger partial charge is 0.219 e. The molecule has 1 saturated heterocycles. The van der Waals surface area contributed by atoms with Gasteiger partial charge in [0.2, 0.25) is 5.91 Å². The number of nitrogens with one attached hydrogen (secondary N) is 1. The summed E-state index contributed by atoms with van der Waals surface area (Å²) in [5, 5.41) is 11.7. The average molecular weight is 517 g/mol. The van der Waals surface area contributed by atoms with Crippen LogP contribution in [0.4, 0.5) is 0 Å². The topological polar surface area (TPSA) is 78.7 Å². The SMILES string of the molecule is CCc1nncn1CCNC(=NCC1CCCCC1)N1CCN(C(C)=O)CC1.I. The minimum atomic E-state index is 0. The first kappa shape index (κ1) is 23.9. The highest BCUT2D eigenvalue weighted by molar-refractivity contribution is 14.0. The molecule has 1 aromatic rings. The van der Waals surface area contributed by atoms with Crippen molar-refractivity contribution in [2.24, 2.45) is 10.9 Å². The number of hydrogen-bond acceptors (Lipinski definition) is 4. The van der Waals surface area contributed by atoms with Gasteiger partial charge >= 0.3 is 0 Å². The van der Waals surface area contributed by atoms with Gasteiger partial charge in [0.25, 0.3) is 0 Å². The van der Waals surface area contributed by atoms with Crippen LogP contribution in [0.2, 0.25) is 0 Å². The van der Waals surface area contributed by atoms with Gasteiger partial charge in [-0.2, -0.15) is 0 Å². The van der Waals surface area contributed by atoms with E-state index in [9.17, 15) is 4.79 Å². The second-order valence-corrected chi connectivity index (χ2v) is 7.88. The molecule has 3 rings (SSSR count). The summed E-state index contributed by atoms with van der Waals surface area (Å²) in [7, 11) is 0. The van der Waals surface area contributed by atoms with Gasteiger partial charge < -0.3 is 19.7 Å². The third kappa shape index (κ3) is 7.11. The van der Waals surface area contributed by atoms with E-state index < -0.39 is 0 Å². The van der Waals surface area contributed by atoms with Crippen LogP contribution in [0.3, 0.4) is 0 Å². The summed E-state index contributed by atoms with van der Waals surface area (Å²) in [5.74, 6) is 2.87. The van der Waals surface area contributed by atoms with Crippen molar-refractivity contribution in [3.8, 4) is 0 Å². The Labute approximate surface area is 191 Å². The predicted octanol–water partition coefficient (Wildman–Crippen LogP) is 2.15. The number of hydrogen-bond donors (Lipinski definition) is 1. The molecule has 0 radical (unpaired) electrons. The second-order valence-electron chi connectivity index (χ2n) is 7.88. The largest absolute Gasteiger partial charge is 0.354 e. The fourth-order valence-corrected chi connectivity index (χ4v) is 4.11. The third-order valence-corrected chi connectivity index (χ3v) is 5.90. The van der Waals surface area contributed by atoms with Gasteiger partial charge in [-0.15, -0.1) is 34.2 Å². The summed E-state index contributed by atoms with van der Waals surface area (Å²) in [5.41, 5.74) is 0. The number of rotatable bonds is 6. The van der Waals surface area contributed by atoms with Gasteiger partial charge in [-0.25, -0.2) is 0 Å². The van der Waals surface area contributed by atoms with Gasteiger partial charge in [0, 0.05) is 59.2 Å². The van der Waals surface area contributed by atoms with Crippen LogP contribution in [0.5, 0.6) is 0 Å². The molecule has 0 bridgehead atoms. The normalized spacial score (nSPS) is 18.5. The molecule has 164 valence electrons. The van der Waals surface area contributed by atoms with Crippen LogP contribution in [-0.2, 0) is 17.8 Å². The molecule has 0 aromatic carbocycles.